The van der Waals surface area contributed by atoms with Crippen molar-refractivity contribution in [2.24, 2.45) is 0 Å². The smallest absolute Gasteiger partial charge is 0.300 e. The van der Waals surface area contributed by atoms with Gasteiger partial charge in [0.05, 0.1) is 17.8 Å². The minimum Gasteiger partial charge on any atom is -0.506 e. The number of aromatic hydroxyl groups is 1. The van der Waals surface area contributed by atoms with Crippen LogP contribution in [0.1, 0.15) is 23.0 Å². The number of fused-ring (bicyclic) bond motifs is 1. The van der Waals surface area contributed by atoms with Gasteiger partial charge in [0.1, 0.15) is 17.1 Å². The van der Waals surface area contributed by atoms with Crippen LogP contribution in [0.4, 0.5) is 0 Å². The van der Waals surface area contributed by atoms with E-state index in [0.717, 1.165) is 4.73 Å². The largest absolute Gasteiger partial charge is 0.506 e. The Bertz CT molecular complexity index is 1060. The van der Waals surface area contributed by atoms with Crippen LogP contribution in [0.3, 0.4) is 0 Å². The summed E-state index contributed by atoms with van der Waals surface area (Å²) in [5, 5.41) is 13.0. The molecule has 8 nitrogen and oxygen atoms in total. The van der Waals surface area contributed by atoms with Crippen LogP contribution in [-0.2, 0) is 11.4 Å². The molecule has 0 aliphatic heterocycles. The van der Waals surface area contributed by atoms with Gasteiger partial charge in [0.2, 0.25) is 0 Å². The van der Waals surface area contributed by atoms with Crippen molar-refractivity contribution >= 4 is 22.6 Å². The van der Waals surface area contributed by atoms with E-state index in [1.807, 2.05) is 0 Å². The third-order valence-corrected chi connectivity index (χ3v) is 3.81. The van der Waals surface area contributed by atoms with Gasteiger partial charge in [-0.15, -0.1) is 4.73 Å². The summed E-state index contributed by atoms with van der Waals surface area (Å²) in [6.07, 6.45) is 1.59. The molecular weight excluding hydrogens is 350 g/mol. The summed E-state index contributed by atoms with van der Waals surface area (Å²) in [5.74, 6) is -1.60. The van der Waals surface area contributed by atoms with Crippen molar-refractivity contribution in [1.29, 1.82) is 0 Å². The van der Waals surface area contributed by atoms with Gasteiger partial charge in [-0.25, -0.2) is 0 Å². The molecule has 0 fully saturated rings. The number of pyridine rings is 2. The molecule has 0 unspecified atom stereocenters. The number of carbonyl (C=O) groups is 2. The van der Waals surface area contributed by atoms with E-state index in [9.17, 15) is 19.5 Å². The van der Waals surface area contributed by atoms with E-state index < -0.39 is 22.8 Å². The molecule has 2 N–H and O–H groups in total. The van der Waals surface area contributed by atoms with Gasteiger partial charge in [0.25, 0.3) is 11.5 Å². The second kappa shape index (κ2) is 7.69. The highest BCUT2D eigenvalue weighted by atomic mass is 16.7. The number of nitrogens with zero attached hydrogens (tertiary/aromatic N) is 2. The van der Waals surface area contributed by atoms with Crippen LogP contribution in [0.5, 0.6) is 5.75 Å². The predicted octanol–water partition coefficient (Wildman–Crippen LogP) is 1.05. The number of nitrogens with one attached hydrogen (secondary N) is 1. The van der Waals surface area contributed by atoms with Crippen LogP contribution >= 0.6 is 0 Å². The lowest BCUT2D eigenvalue weighted by molar-refractivity contribution is -0.116. The maximum atomic E-state index is 12.8. The van der Waals surface area contributed by atoms with Crippen molar-refractivity contribution in [1.82, 2.24) is 15.0 Å². The van der Waals surface area contributed by atoms with Crippen LogP contribution in [0.2, 0.25) is 0 Å². The van der Waals surface area contributed by atoms with E-state index in [4.69, 9.17) is 4.84 Å². The van der Waals surface area contributed by atoms with Gasteiger partial charge in [-0.3, -0.25) is 19.4 Å². The molecule has 0 spiro atoms. The van der Waals surface area contributed by atoms with Crippen molar-refractivity contribution in [3.05, 3.63) is 70.3 Å². The first-order valence-electron chi connectivity index (χ1n) is 8.16. The standard InChI is InChI=1S/C19H17N3O5/c1-12(23)10-21-18(25)16-17(24)14-7-2-3-8-15(14)22(19(16)26)27-11-13-6-4-5-9-20-13/h2-9,24H,10-11H2,1H3,(H,21,25). The number of Topliss-reactive ketones (excluding diaryl/α,β-unsaturated/α-hetero) is 1. The Hall–Kier alpha value is -3.68. The Morgan fingerprint density at radius 3 is 2.63 bits per heavy atom. The summed E-state index contributed by atoms with van der Waals surface area (Å²) < 4.78 is 0.951. The number of hydrogen-bond donors (Lipinski definition) is 2. The third-order valence-electron chi connectivity index (χ3n) is 3.81. The zero-order valence-corrected chi connectivity index (χ0v) is 14.5. The summed E-state index contributed by atoms with van der Waals surface area (Å²) in [6.45, 7) is 1.04. The van der Waals surface area contributed by atoms with Gasteiger partial charge in [-0.05, 0) is 31.2 Å². The number of benzene rings is 1. The number of hydrogen-bond acceptors (Lipinski definition) is 6. The van der Waals surface area contributed by atoms with E-state index in [0.29, 0.717) is 11.2 Å². The molecule has 0 bridgehead atoms. The number of rotatable bonds is 6. The number of ketones is 1. The van der Waals surface area contributed by atoms with Gasteiger partial charge in [-0.1, -0.05) is 18.2 Å². The minimum atomic E-state index is -0.853. The molecule has 138 valence electrons. The Morgan fingerprint density at radius 1 is 1.19 bits per heavy atom. The topological polar surface area (TPSA) is 111 Å². The lowest BCUT2D eigenvalue weighted by Crippen LogP contribution is -2.37. The minimum absolute atomic E-state index is 0.00990. The van der Waals surface area contributed by atoms with E-state index in [1.165, 1.54) is 6.92 Å². The van der Waals surface area contributed by atoms with E-state index in [1.54, 1.807) is 48.7 Å². The molecule has 27 heavy (non-hydrogen) atoms. The Kier molecular flexibility index (Phi) is 5.16. The predicted molar refractivity (Wildman–Crippen MR) is 97.4 cm³/mol. The molecule has 0 radical (unpaired) electrons. The third kappa shape index (κ3) is 3.79. The Balaban J connectivity index is 2.07. The first kappa shape index (κ1) is 18.1. The lowest BCUT2D eigenvalue weighted by Gasteiger charge is -2.15. The number of aromatic nitrogens is 2. The second-order valence-corrected chi connectivity index (χ2v) is 5.82. The lowest BCUT2D eigenvalue weighted by atomic mass is 10.1. The molecule has 0 saturated carbocycles. The number of carbonyl (C=O) groups excluding carboxylic acids is 2. The number of amides is 1. The van der Waals surface area contributed by atoms with Crippen LogP contribution < -0.4 is 15.7 Å². The normalized spacial score (nSPS) is 10.6. The van der Waals surface area contributed by atoms with Crippen molar-refractivity contribution in [2.45, 2.75) is 13.5 Å². The molecule has 2 aromatic heterocycles. The monoisotopic (exact) mass is 367 g/mol. The maximum Gasteiger partial charge on any atom is 0.300 e. The zero-order valence-electron chi connectivity index (χ0n) is 14.5. The summed E-state index contributed by atoms with van der Waals surface area (Å²) in [5.41, 5.74) is -0.428. The molecule has 3 aromatic rings. The second-order valence-electron chi connectivity index (χ2n) is 5.82. The molecule has 0 aliphatic rings. The Labute approximate surface area is 154 Å². The van der Waals surface area contributed by atoms with Gasteiger partial charge in [-0.2, -0.15) is 0 Å². The summed E-state index contributed by atoms with van der Waals surface area (Å²) in [4.78, 5) is 46.0. The average molecular weight is 367 g/mol. The summed E-state index contributed by atoms with van der Waals surface area (Å²) in [7, 11) is 0. The summed E-state index contributed by atoms with van der Waals surface area (Å²) >= 11 is 0. The van der Waals surface area contributed by atoms with E-state index in [2.05, 4.69) is 10.3 Å². The molecule has 1 amide bonds. The van der Waals surface area contributed by atoms with Gasteiger partial charge >= 0.3 is 0 Å². The van der Waals surface area contributed by atoms with Gasteiger partial charge < -0.3 is 15.3 Å². The molecule has 3 rings (SSSR count). The van der Waals surface area contributed by atoms with Gasteiger partial charge in [0.15, 0.2) is 6.61 Å². The highest BCUT2D eigenvalue weighted by Crippen LogP contribution is 2.25. The molecule has 2 heterocycles. The van der Waals surface area contributed by atoms with Crippen LogP contribution in [0, 0.1) is 0 Å². The van der Waals surface area contributed by atoms with E-state index >= 15 is 0 Å². The fourth-order valence-corrected chi connectivity index (χ4v) is 2.54. The van der Waals surface area contributed by atoms with Crippen molar-refractivity contribution in [2.75, 3.05) is 6.54 Å². The molecule has 0 atom stereocenters. The van der Waals surface area contributed by atoms with Crippen LogP contribution in [0.25, 0.3) is 10.9 Å². The van der Waals surface area contributed by atoms with Crippen molar-refractivity contribution in [3.63, 3.8) is 0 Å². The number of para-hydroxylation sites is 1. The van der Waals surface area contributed by atoms with Crippen LogP contribution in [-0.4, -0.2) is 33.1 Å². The quantitative estimate of drug-likeness (QED) is 0.674. The highest BCUT2D eigenvalue weighted by molar-refractivity contribution is 6.03. The van der Waals surface area contributed by atoms with Crippen molar-refractivity contribution < 1.29 is 19.5 Å². The first-order chi connectivity index (χ1) is 13.0. The first-order valence-corrected chi connectivity index (χ1v) is 8.16. The average Bonchev–Trinajstić information content (AvgIpc) is 2.67. The molecule has 8 heteroatoms. The van der Waals surface area contributed by atoms with Crippen LogP contribution in [0.15, 0.2) is 53.5 Å². The SMILES string of the molecule is CC(=O)CNC(=O)c1c(O)c2ccccc2n(OCc2ccccn2)c1=O. The molecule has 0 aliphatic carbocycles. The Morgan fingerprint density at radius 2 is 1.93 bits per heavy atom. The summed E-state index contributed by atoms with van der Waals surface area (Å²) in [6, 6.07) is 11.8. The van der Waals surface area contributed by atoms with Gasteiger partial charge in [0, 0.05) is 11.6 Å². The highest BCUT2D eigenvalue weighted by Gasteiger charge is 2.23. The van der Waals surface area contributed by atoms with Crippen molar-refractivity contribution in [3.8, 4) is 5.75 Å². The van der Waals surface area contributed by atoms with E-state index in [-0.39, 0.29) is 24.3 Å². The maximum absolute atomic E-state index is 12.8. The zero-order chi connectivity index (χ0) is 19.4. The fraction of sp³-hybridized carbons (Fsp3) is 0.158. The molecular formula is C19H17N3O5. The molecule has 0 saturated heterocycles. The fourth-order valence-electron chi connectivity index (χ4n) is 2.54. The molecule has 1 aromatic carbocycles.